The van der Waals surface area contributed by atoms with Crippen molar-refractivity contribution in [2.75, 3.05) is 17.4 Å². The molecule has 0 aromatic carbocycles. The molecule has 12 heavy (non-hydrogen) atoms. The molecule has 0 saturated carbocycles. The average molecular weight is 213 g/mol. The minimum atomic E-state index is -2.80. The van der Waals surface area contributed by atoms with E-state index in [1.54, 1.807) is 0 Å². The number of sulfone groups is 1. The standard InChI is InChI=1S/C8H17ClO2S/c1-2-3-4-7-12(10,11)8-5-6-9/h2-8H2,1H3. The first-order valence-corrected chi connectivity index (χ1v) is 6.74. The first kappa shape index (κ1) is 12.2. The van der Waals surface area contributed by atoms with Crippen LogP contribution in [0.15, 0.2) is 0 Å². The summed E-state index contributed by atoms with van der Waals surface area (Å²) < 4.78 is 22.4. The summed E-state index contributed by atoms with van der Waals surface area (Å²) in [4.78, 5) is 0. The van der Waals surface area contributed by atoms with Gasteiger partial charge in [0, 0.05) is 5.88 Å². The van der Waals surface area contributed by atoms with Gasteiger partial charge < -0.3 is 0 Å². The summed E-state index contributed by atoms with van der Waals surface area (Å²) in [5.41, 5.74) is 0. The highest BCUT2D eigenvalue weighted by Crippen LogP contribution is 2.02. The molecule has 0 rings (SSSR count). The lowest BCUT2D eigenvalue weighted by atomic mass is 10.3. The molecule has 0 bridgehead atoms. The maximum atomic E-state index is 11.2. The topological polar surface area (TPSA) is 34.1 Å². The Kier molecular flexibility index (Phi) is 6.86. The predicted octanol–water partition coefficient (Wildman–Crippen LogP) is 2.22. The Bertz CT molecular complexity index is 187. The Labute approximate surface area is 80.2 Å². The van der Waals surface area contributed by atoms with Crippen LogP contribution in [0.5, 0.6) is 0 Å². The van der Waals surface area contributed by atoms with Gasteiger partial charge in [-0.05, 0) is 12.8 Å². The lowest BCUT2D eigenvalue weighted by molar-refractivity contribution is 0.589. The summed E-state index contributed by atoms with van der Waals surface area (Å²) in [5, 5.41) is 0. The van der Waals surface area contributed by atoms with Gasteiger partial charge in [0.05, 0.1) is 11.5 Å². The molecular weight excluding hydrogens is 196 g/mol. The molecule has 0 fully saturated rings. The first-order chi connectivity index (χ1) is 5.62. The minimum absolute atomic E-state index is 0.250. The smallest absolute Gasteiger partial charge is 0.150 e. The van der Waals surface area contributed by atoms with Crippen molar-refractivity contribution in [3.05, 3.63) is 0 Å². The van der Waals surface area contributed by atoms with E-state index in [1.807, 2.05) is 0 Å². The molecule has 0 spiro atoms. The summed E-state index contributed by atoms with van der Waals surface area (Å²) in [6, 6.07) is 0. The van der Waals surface area contributed by atoms with E-state index in [9.17, 15) is 8.42 Å². The largest absolute Gasteiger partial charge is 0.229 e. The quantitative estimate of drug-likeness (QED) is 0.479. The van der Waals surface area contributed by atoms with Crippen LogP contribution in [0.2, 0.25) is 0 Å². The van der Waals surface area contributed by atoms with Crippen LogP contribution >= 0.6 is 11.6 Å². The SMILES string of the molecule is CCCCCS(=O)(=O)CCCCl. The van der Waals surface area contributed by atoms with E-state index >= 15 is 0 Å². The number of halogens is 1. The van der Waals surface area contributed by atoms with Crippen LogP contribution in [0.1, 0.15) is 32.6 Å². The van der Waals surface area contributed by atoms with Crippen molar-refractivity contribution in [2.24, 2.45) is 0 Å². The van der Waals surface area contributed by atoms with Gasteiger partial charge in [0.25, 0.3) is 0 Å². The Hall–Kier alpha value is 0.240. The predicted molar refractivity (Wildman–Crippen MR) is 53.5 cm³/mol. The van der Waals surface area contributed by atoms with Crippen LogP contribution in [0, 0.1) is 0 Å². The first-order valence-electron chi connectivity index (χ1n) is 4.39. The molecular formula is C8H17ClO2S. The van der Waals surface area contributed by atoms with Crippen LogP contribution in [0.25, 0.3) is 0 Å². The third kappa shape index (κ3) is 6.92. The van der Waals surface area contributed by atoms with Crippen LogP contribution < -0.4 is 0 Å². The lowest BCUT2D eigenvalue weighted by Gasteiger charge is -2.01. The molecule has 0 aromatic heterocycles. The summed E-state index contributed by atoms with van der Waals surface area (Å²) in [6.07, 6.45) is 3.43. The van der Waals surface area contributed by atoms with E-state index in [0.717, 1.165) is 19.3 Å². The van der Waals surface area contributed by atoms with Crippen LogP contribution in [0.4, 0.5) is 0 Å². The van der Waals surface area contributed by atoms with Crippen molar-refractivity contribution in [1.82, 2.24) is 0 Å². The molecule has 0 radical (unpaired) electrons. The second-order valence-electron chi connectivity index (χ2n) is 2.90. The minimum Gasteiger partial charge on any atom is -0.229 e. The highest BCUT2D eigenvalue weighted by atomic mass is 35.5. The maximum Gasteiger partial charge on any atom is 0.150 e. The third-order valence-corrected chi connectivity index (χ3v) is 3.74. The number of rotatable bonds is 7. The van der Waals surface area contributed by atoms with Crippen LogP contribution in [-0.2, 0) is 9.84 Å². The third-order valence-electron chi connectivity index (χ3n) is 1.65. The molecule has 0 atom stereocenters. The van der Waals surface area contributed by atoms with Gasteiger partial charge >= 0.3 is 0 Å². The monoisotopic (exact) mass is 212 g/mol. The van der Waals surface area contributed by atoms with Crippen molar-refractivity contribution >= 4 is 21.4 Å². The molecule has 0 aliphatic carbocycles. The summed E-state index contributed by atoms with van der Waals surface area (Å²) in [6.45, 7) is 2.06. The molecule has 0 aliphatic rings. The summed E-state index contributed by atoms with van der Waals surface area (Å²) in [5.74, 6) is 1.02. The molecule has 0 saturated heterocycles. The van der Waals surface area contributed by atoms with Crippen molar-refractivity contribution in [1.29, 1.82) is 0 Å². The van der Waals surface area contributed by atoms with E-state index in [-0.39, 0.29) is 5.75 Å². The van der Waals surface area contributed by atoms with Gasteiger partial charge in [-0.25, -0.2) is 8.42 Å². The number of hydrogen-bond donors (Lipinski definition) is 0. The van der Waals surface area contributed by atoms with E-state index in [4.69, 9.17) is 11.6 Å². The van der Waals surface area contributed by atoms with Gasteiger partial charge in [-0.3, -0.25) is 0 Å². The highest BCUT2D eigenvalue weighted by Gasteiger charge is 2.08. The van der Waals surface area contributed by atoms with Gasteiger partial charge in [0.2, 0.25) is 0 Å². The maximum absolute atomic E-state index is 11.2. The highest BCUT2D eigenvalue weighted by molar-refractivity contribution is 7.91. The number of alkyl halides is 1. The normalized spacial score (nSPS) is 11.8. The second-order valence-corrected chi connectivity index (χ2v) is 5.58. The summed E-state index contributed by atoms with van der Waals surface area (Å²) in [7, 11) is -2.80. The molecule has 2 nitrogen and oxygen atoms in total. The Morgan fingerprint density at radius 2 is 1.67 bits per heavy atom. The lowest BCUT2D eigenvalue weighted by Crippen LogP contribution is -2.11. The molecule has 0 amide bonds. The number of unbranched alkanes of at least 4 members (excludes halogenated alkanes) is 2. The van der Waals surface area contributed by atoms with E-state index in [0.29, 0.717) is 18.1 Å². The van der Waals surface area contributed by atoms with Crippen molar-refractivity contribution < 1.29 is 8.42 Å². The summed E-state index contributed by atoms with van der Waals surface area (Å²) >= 11 is 5.40. The molecule has 0 unspecified atom stereocenters. The van der Waals surface area contributed by atoms with Crippen molar-refractivity contribution in [2.45, 2.75) is 32.6 Å². The van der Waals surface area contributed by atoms with E-state index in [1.165, 1.54) is 0 Å². The number of hydrogen-bond acceptors (Lipinski definition) is 2. The fourth-order valence-corrected chi connectivity index (χ4v) is 2.67. The van der Waals surface area contributed by atoms with Gasteiger partial charge in [-0.1, -0.05) is 19.8 Å². The molecule has 0 heterocycles. The molecule has 0 aromatic rings. The van der Waals surface area contributed by atoms with Crippen LogP contribution in [-0.4, -0.2) is 25.8 Å². The molecule has 74 valence electrons. The van der Waals surface area contributed by atoms with Crippen LogP contribution in [0.3, 0.4) is 0 Å². The Morgan fingerprint density at radius 3 is 2.17 bits per heavy atom. The molecule has 0 N–H and O–H groups in total. The zero-order valence-electron chi connectivity index (χ0n) is 7.55. The van der Waals surface area contributed by atoms with Crippen molar-refractivity contribution in [3.63, 3.8) is 0 Å². The van der Waals surface area contributed by atoms with Gasteiger partial charge in [-0.15, -0.1) is 11.6 Å². The Balaban J connectivity index is 3.58. The fraction of sp³-hybridized carbons (Fsp3) is 1.00. The molecule has 4 heteroatoms. The molecule has 0 aliphatic heterocycles. The van der Waals surface area contributed by atoms with Gasteiger partial charge in [0.1, 0.15) is 9.84 Å². The van der Waals surface area contributed by atoms with E-state index < -0.39 is 9.84 Å². The fourth-order valence-electron chi connectivity index (χ4n) is 0.949. The zero-order chi connectivity index (χ0) is 9.45. The second kappa shape index (κ2) is 6.72. The van der Waals surface area contributed by atoms with Gasteiger partial charge in [0.15, 0.2) is 0 Å². The zero-order valence-corrected chi connectivity index (χ0v) is 9.12. The van der Waals surface area contributed by atoms with Gasteiger partial charge in [-0.2, -0.15) is 0 Å². The van der Waals surface area contributed by atoms with Crippen molar-refractivity contribution in [3.8, 4) is 0 Å². The average Bonchev–Trinajstić information content (AvgIpc) is 2.01. The van der Waals surface area contributed by atoms with E-state index in [2.05, 4.69) is 6.92 Å². The Morgan fingerprint density at radius 1 is 1.08 bits per heavy atom.